The van der Waals surface area contributed by atoms with Crippen LogP contribution < -0.4 is 0 Å². The first-order valence-corrected chi connectivity index (χ1v) is 4.99. The van der Waals surface area contributed by atoms with Crippen LogP contribution in [0.4, 0.5) is 0 Å². The second kappa shape index (κ2) is 3.37. The Kier molecular flexibility index (Phi) is 2.33. The van der Waals surface area contributed by atoms with Crippen LogP contribution in [0.25, 0.3) is 0 Å². The summed E-state index contributed by atoms with van der Waals surface area (Å²) in [6, 6.07) is 0. The summed E-state index contributed by atoms with van der Waals surface area (Å²) in [5.74, 6) is 1.05. The zero-order valence-corrected chi connectivity index (χ0v) is 8.77. The van der Waals surface area contributed by atoms with E-state index in [1.165, 1.54) is 0 Å². The molecule has 1 aliphatic rings. The number of aliphatic hydroxyl groups is 1. The van der Waals surface area contributed by atoms with E-state index >= 15 is 0 Å². The molecule has 4 nitrogen and oxygen atoms in total. The molecular formula is C10H17N3O. The molecule has 0 spiro atoms. The van der Waals surface area contributed by atoms with E-state index in [1.54, 1.807) is 0 Å². The molecule has 1 fully saturated rings. The van der Waals surface area contributed by atoms with Gasteiger partial charge in [0.25, 0.3) is 0 Å². The van der Waals surface area contributed by atoms with E-state index in [1.807, 2.05) is 26.2 Å². The van der Waals surface area contributed by atoms with Gasteiger partial charge in [-0.1, -0.05) is 0 Å². The fraction of sp³-hybridized carbons (Fsp3) is 0.700. The molecule has 4 heteroatoms. The first kappa shape index (κ1) is 9.68. The molecule has 0 radical (unpaired) electrons. The van der Waals surface area contributed by atoms with Gasteiger partial charge in [0.1, 0.15) is 5.82 Å². The van der Waals surface area contributed by atoms with Gasteiger partial charge < -0.3 is 9.67 Å². The van der Waals surface area contributed by atoms with E-state index in [0.29, 0.717) is 0 Å². The highest BCUT2D eigenvalue weighted by molar-refractivity contribution is 4.93. The highest BCUT2D eigenvalue weighted by Gasteiger charge is 2.35. The number of nitrogens with zero attached hydrogens (tertiary/aromatic N) is 3. The van der Waals surface area contributed by atoms with Gasteiger partial charge in [0.05, 0.1) is 5.60 Å². The second-order valence-electron chi connectivity index (χ2n) is 4.38. The van der Waals surface area contributed by atoms with E-state index < -0.39 is 5.60 Å². The van der Waals surface area contributed by atoms with Gasteiger partial charge in [-0.3, -0.25) is 4.90 Å². The summed E-state index contributed by atoms with van der Waals surface area (Å²) < 4.78 is 2.13. The van der Waals surface area contributed by atoms with Crippen LogP contribution in [0.15, 0.2) is 12.4 Å². The Labute approximate surface area is 84.2 Å². The van der Waals surface area contributed by atoms with Gasteiger partial charge in [-0.25, -0.2) is 4.98 Å². The largest absolute Gasteiger partial charge is 0.388 e. The molecule has 78 valence electrons. The maximum atomic E-state index is 9.53. The zero-order chi connectivity index (χ0) is 10.2. The lowest BCUT2D eigenvalue weighted by atomic mass is 9.97. The topological polar surface area (TPSA) is 41.3 Å². The van der Waals surface area contributed by atoms with Crippen LogP contribution >= 0.6 is 0 Å². The van der Waals surface area contributed by atoms with Crippen molar-refractivity contribution in [2.24, 2.45) is 0 Å². The van der Waals surface area contributed by atoms with Crippen LogP contribution in [0, 0.1) is 6.92 Å². The molecular weight excluding hydrogens is 178 g/mol. The van der Waals surface area contributed by atoms with Crippen molar-refractivity contribution in [3.05, 3.63) is 18.2 Å². The number of hydrogen-bond donors (Lipinski definition) is 1. The first-order chi connectivity index (χ1) is 6.57. The highest BCUT2D eigenvalue weighted by Crippen LogP contribution is 2.19. The molecule has 0 unspecified atom stereocenters. The SMILES string of the molecule is Cc1nccn1CCN1CC(C)(O)C1. The predicted molar refractivity (Wildman–Crippen MR) is 54.0 cm³/mol. The smallest absolute Gasteiger partial charge is 0.105 e. The maximum Gasteiger partial charge on any atom is 0.105 e. The summed E-state index contributed by atoms with van der Waals surface area (Å²) in [5, 5.41) is 9.53. The Morgan fingerprint density at radius 1 is 1.50 bits per heavy atom. The fourth-order valence-electron chi connectivity index (χ4n) is 1.96. The third-order valence-electron chi connectivity index (χ3n) is 2.71. The number of aryl methyl sites for hydroxylation is 1. The molecule has 1 aromatic rings. The molecule has 0 aromatic carbocycles. The van der Waals surface area contributed by atoms with Crippen LogP contribution in [0.1, 0.15) is 12.7 Å². The van der Waals surface area contributed by atoms with Gasteiger partial charge in [-0.2, -0.15) is 0 Å². The monoisotopic (exact) mass is 195 g/mol. The normalized spacial score (nSPS) is 20.8. The van der Waals surface area contributed by atoms with Gasteiger partial charge in [0.2, 0.25) is 0 Å². The summed E-state index contributed by atoms with van der Waals surface area (Å²) in [7, 11) is 0. The van der Waals surface area contributed by atoms with Crippen LogP contribution in [-0.4, -0.2) is 44.8 Å². The minimum atomic E-state index is -0.454. The number of hydrogen-bond acceptors (Lipinski definition) is 3. The Balaban J connectivity index is 1.77. The van der Waals surface area contributed by atoms with Crippen molar-refractivity contribution in [3.63, 3.8) is 0 Å². The summed E-state index contributed by atoms with van der Waals surface area (Å²) in [4.78, 5) is 6.41. The van der Waals surface area contributed by atoms with Crippen molar-refractivity contribution in [1.29, 1.82) is 0 Å². The van der Waals surface area contributed by atoms with Gasteiger partial charge in [-0.05, 0) is 13.8 Å². The number of rotatable bonds is 3. The Bertz CT molecular complexity index is 311. The lowest BCUT2D eigenvalue weighted by molar-refractivity contribution is -0.0840. The van der Waals surface area contributed by atoms with Crippen molar-refractivity contribution in [3.8, 4) is 0 Å². The van der Waals surface area contributed by atoms with Crippen molar-refractivity contribution in [2.75, 3.05) is 19.6 Å². The molecule has 0 atom stereocenters. The molecule has 0 bridgehead atoms. The van der Waals surface area contributed by atoms with Gasteiger partial charge >= 0.3 is 0 Å². The molecule has 1 saturated heterocycles. The fourth-order valence-corrected chi connectivity index (χ4v) is 1.96. The first-order valence-electron chi connectivity index (χ1n) is 4.99. The van der Waals surface area contributed by atoms with E-state index in [9.17, 15) is 5.11 Å². The lowest BCUT2D eigenvalue weighted by Gasteiger charge is -2.44. The minimum Gasteiger partial charge on any atom is -0.388 e. The van der Waals surface area contributed by atoms with Crippen molar-refractivity contribution >= 4 is 0 Å². The summed E-state index contributed by atoms with van der Waals surface area (Å²) in [6.45, 7) is 7.43. The van der Waals surface area contributed by atoms with E-state index in [0.717, 1.165) is 32.0 Å². The van der Waals surface area contributed by atoms with E-state index in [2.05, 4.69) is 14.5 Å². The summed E-state index contributed by atoms with van der Waals surface area (Å²) >= 11 is 0. The standard InChI is InChI=1S/C10H17N3O/c1-9-11-3-4-13(9)6-5-12-7-10(2,14)8-12/h3-4,14H,5-8H2,1-2H3. The van der Waals surface area contributed by atoms with Gasteiger partial charge in [-0.15, -0.1) is 0 Å². The molecule has 1 aliphatic heterocycles. The quantitative estimate of drug-likeness (QED) is 0.752. The number of likely N-dealkylation sites (tertiary alicyclic amines) is 1. The Morgan fingerprint density at radius 3 is 2.71 bits per heavy atom. The average molecular weight is 195 g/mol. The molecule has 14 heavy (non-hydrogen) atoms. The molecule has 2 rings (SSSR count). The number of imidazole rings is 1. The zero-order valence-electron chi connectivity index (χ0n) is 8.77. The third kappa shape index (κ3) is 1.96. The van der Waals surface area contributed by atoms with Gasteiger partial charge in [0, 0.05) is 38.6 Å². The number of β-amino-alcohol motifs (C(OH)–C–C–N with tert-alkyl or cyclic N) is 1. The number of aromatic nitrogens is 2. The van der Waals surface area contributed by atoms with Crippen LogP contribution in [-0.2, 0) is 6.54 Å². The summed E-state index contributed by atoms with van der Waals surface area (Å²) in [5.41, 5.74) is -0.454. The summed E-state index contributed by atoms with van der Waals surface area (Å²) in [6.07, 6.45) is 3.81. The predicted octanol–water partition coefficient (Wildman–Crippen LogP) is 0.258. The van der Waals surface area contributed by atoms with E-state index in [-0.39, 0.29) is 0 Å². The minimum absolute atomic E-state index is 0.454. The lowest BCUT2D eigenvalue weighted by Crippen LogP contribution is -2.60. The Hall–Kier alpha value is -0.870. The Morgan fingerprint density at radius 2 is 2.21 bits per heavy atom. The van der Waals surface area contributed by atoms with Gasteiger partial charge in [0.15, 0.2) is 0 Å². The molecule has 0 aliphatic carbocycles. The maximum absolute atomic E-state index is 9.53. The van der Waals surface area contributed by atoms with Crippen LogP contribution in [0.2, 0.25) is 0 Å². The van der Waals surface area contributed by atoms with E-state index in [4.69, 9.17) is 0 Å². The molecule has 0 amide bonds. The van der Waals surface area contributed by atoms with Crippen LogP contribution in [0.5, 0.6) is 0 Å². The van der Waals surface area contributed by atoms with Crippen molar-refractivity contribution in [1.82, 2.24) is 14.5 Å². The highest BCUT2D eigenvalue weighted by atomic mass is 16.3. The van der Waals surface area contributed by atoms with Crippen LogP contribution in [0.3, 0.4) is 0 Å². The molecule has 1 aromatic heterocycles. The van der Waals surface area contributed by atoms with Crippen molar-refractivity contribution < 1.29 is 5.11 Å². The van der Waals surface area contributed by atoms with Crippen molar-refractivity contribution in [2.45, 2.75) is 26.0 Å². The average Bonchev–Trinajstić information content (AvgIpc) is 2.44. The molecule has 0 saturated carbocycles. The molecule has 1 N–H and O–H groups in total. The molecule has 2 heterocycles. The second-order valence-corrected chi connectivity index (χ2v) is 4.38. The third-order valence-corrected chi connectivity index (χ3v) is 2.71.